The normalized spacial score (nSPS) is 15.1. The number of benzene rings is 1. The predicted octanol–water partition coefficient (Wildman–Crippen LogP) is 3.82. The van der Waals surface area contributed by atoms with Crippen LogP contribution in [-0.4, -0.2) is 12.1 Å². The minimum atomic E-state index is 0.929. The molecule has 1 aromatic heterocycles. The number of halogens is 1. The molecular formula is C13H14BrNO. The second kappa shape index (κ2) is 3.81. The molecule has 1 aromatic carbocycles. The van der Waals surface area contributed by atoms with Crippen LogP contribution in [0.1, 0.15) is 24.1 Å². The smallest absolute Gasteiger partial charge is 0.144 e. The number of hydrogen-bond donors (Lipinski definition) is 1. The standard InChI is InChI=1S/C13H14BrNO/c1-16-12-7-8(14)6-10-9-4-2-3-5-11(9)15-13(10)12/h6-7,15H,2-5H2,1H3. The second-order valence-corrected chi connectivity index (χ2v) is 5.24. The average molecular weight is 280 g/mol. The summed E-state index contributed by atoms with van der Waals surface area (Å²) in [6, 6.07) is 4.21. The van der Waals surface area contributed by atoms with E-state index in [1.165, 1.54) is 42.3 Å². The summed E-state index contributed by atoms with van der Waals surface area (Å²) in [6.07, 6.45) is 4.96. The lowest BCUT2D eigenvalue weighted by molar-refractivity contribution is 0.418. The summed E-state index contributed by atoms with van der Waals surface area (Å²) in [5.41, 5.74) is 4.04. The van der Waals surface area contributed by atoms with Crippen LogP contribution in [0.25, 0.3) is 10.9 Å². The predicted molar refractivity (Wildman–Crippen MR) is 69.2 cm³/mol. The van der Waals surface area contributed by atoms with Crippen LogP contribution in [0.5, 0.6) is 5.75 Å². The van der Waals surface area contributed by atoms with Crippen LogP contribution < -0.4 is 4.74 Å². The van der Waals surface area contributed by atoms with Gasteiger partial charge in [-0.25, -0.2) is 0 Å². The molecule has 1 N–H and O–H groups in total. The van der Waals surface area contributed by atoms with Crippen LogP contribution in [0.3, 0.4) is 0 Å². The molecule has 0 aliphatic heterocycles. The summed E-state index contributed by atoms with van der Waals surface area (Å²) in [4.78, 5) is 3.52. The van der Waals surface area contributed by atoms with Gasteiger partial charge in [0.1, 0.15) is 5.75 Å². The van der Waals surface area contributed by atoms with Gasteiger partial charge < -0.3 is 9.72 Å². The molecule has 0 atom stereocenters. The van der Waals surface area contributed by atoms with Gasteiger partial charge in [0.05, 0.1) is 12.6 Å². The van der Waals surface area contributed by atoms with E-state index in [1.54, 1.807) is 7.11 Å². The third-order valence-electron chi connectivity index (χ3n) is 3.36. The Labute approximate surface area is 103 Å². The second-order valence-electron chi connectivity index (χ2n) is 4.32. The highest BCUT2D eigenvalue weighted by Crippen LogP contribution is 2.36. The van der Waals surface area contributed by atoms with E-state index in [1.807, 2.05) is 6.07 Å². The minimum absolute atomic E-state index is 0.929. The first kappa shape index (κ1) is 10.2. The number of ether oxygens (including phenoxy) is 1. The highest BCUT2D eigenvalue weighted by atomic mass is 79.9. The molecule has 3 heteroatoms. The SMILES string of the molecule is COc1cc(Br)cc2c3c([nH]c12)CCCC3. The van der Waals surface area contributed by atoms with Crippen molar-refractivity contribution in [2.45, 2.75) is 25.7 Å². The first-order valence-electron chi connectivity index (χ1n) is 5.66. The third-order valence-corrected chi connectivity index (χ3v) is 3.81. The third kappa shape index (κ3) is 1.46. The molecule has 3 rings (SSSR count). The van der Waals surface area contributed by atoms with Crippen molar-refractivity contribution in [1.29, 1.82) is 0 Å². The van der Waals surface area contributed by atoms with Gasteiger partial charge in [-0.1, -0.05) is 15.9 Å². The fourth-order valence-corrected chi connectivity index (χ4v) is 3.04. The Morgan fingerprint density at radius 3 is 2.88 bits per heavy atom. The number of hydrogen-bond acceptors (Lipinski definition) is 1. The number of aromatic amines is 1. The Kier molecular flexibility index (Phi) is 2.43. The van der Waals surface area contributed by atoms with Gasteiger partial charge in [-0.05, 0) is 43.4 Å². The van der Waals surface area contributed by atoms with Crippen molar-refractivity contribution in [2.24, 2.45) is 0 Å². The number of nitrogens with one attached hydrogen (secondary N) is 1. The molecule has 0 spiro atoms. The maximum absolute atomic E-state index is 5.42. The van der Waals surface area contributed by atoms with Crippen molar-refractivity contribution >= 4 is 26.8 Å². The number of methoxy groups -OCH3 is 1. The lowest BCUT2D eigenvalue weighted by Crippen LogP contribution is -1.99. The molecule has 1 aliphatic carbocycles. The van der Waals surface area contributed by atoms with Crippen molar-refractivity contribution in [3.8, 4) is 5.75 Å². The van der Waals surface area contributed by atoms with Crippen LogP contribution in [0.4, 0.5) is 0 Å². The summed E-state index contributed by atoms with van der Waals surface area (Å²) in [7, 11) is 1.72. The number of aryl methyl sites for hydroxylation is 2. The molecule has 1 aliphatic rings. The van der Waals surface area contributed by atoms with Crippen LogP contribution in [-0.2, 0) is 12.8 Å². The maximum Gasteiger partial charge on any atom is 0.144 e. The quantitative estimate of drug-likeness (QED) is 0.844. The zero-order valence-corrected chi connectivity index (χ0v) is 10.9. The summed E-state index contributed by atoms with van der Waals surface area (Å²) >= 11 is 3.54. The molecular weight excluding hydrogens is 266 g/mol. The van der Waals surface area contributed by atoms with Gasteiger partial charge in [0, 0.05) is 15.6 Å². The first-order valence-corrected chi connectivity index (χ1v) is 6.46. The molecule has 0 radical (unpaired) electrons. The van der Waals surface area contributed by atoms with Gasteiger partial charge in [0.25, 0.3) is 0 Å². The zero-order chi connectivity index (χ0) is 11.1. The van der Waals surface area contributed by atoms with E-state index in [2.05, 4.69) is 27.0 Å². The molecule has 84 valence electrons. The van der Waals surface area contributed by atoms with Gasteiger partial charge >= 0.3 is 0 Å². The molecule has 0 fully saturated rings. The van der Waals surface area contributed by atoms with Crippen LogP contribution >= 0.6 is 15.9 Å². The van der Waals surface area contributed by atoms with Crippen molar-refractivity contribution in [1.82, 2.24) is 4.98 Å². The van der Waals surface area contributed by atoms with E-state index in [4.69, 9.17) is 4.74 Å². The lowest BCUT2D eigenvalue weighted by atomic mass is 9.96. The number of aromatic nitrogens is 1. The Hall–Kier alpha value is -0.960. The average Bonchev–Trinajstić information content (AvgIpc) is 2.67. The highest BCUT2D eigenvalue weighted by Gasteiger charge is 2.17. The molecule has 0 amide bonds. The summed E-state index contributed by atoms with van der Waals surface area (Å²) < 4.78 is 6.51. The molecule has 2 nitrogen and oxygen atoms in total. The monoisotopic (exact) mass is 279 g/mol. The van der Waals surface area contributed by atoms with E-state index in [-0.39, 0.29) is 0 Å². The molecule has 1 heterocycles. The van der Waals surface area contributed by atoms with Gasteiger partial charge in [0.15, 0.2) is 0 Å². The summed E-state index contributed by atoms with van der Waals surface area (Å²) in [5.74, 6) is 0.929. The van der Waals surface area contributed by atoms with E-state index < -0.39 is 0 Å². The Balaban J connectivity index is 2.33. The maximum atomic E-state index is 5.42. The van der Waals surface area contributed by atoms with E-state index in [9.17, 15) is 0 Å². The largest absolute Gasteiger partial charge is 0.495 e. The topological polar surface area (TPSA) is 25.0 Å². The lowest BCUT2D eigenvalue weighted by Gasteiger charge is -2.10. The van der Waals surface area contributed by atoms with Crippen LogP contribution in [0.15, 0.2) is 16.6 Å². The minimum Gasteiger partial charge on any atom is -0.495 e. The van der Waals surface area contributed by atoms with Crippen molar-refractivity contribution in [3.05, 3.63) is 27.9 Å². The Bertz CT molecular complexity index is 544. The van der Waals surface area contributed by atoms with Crippen molar-refractivity contribution in [2.75, 3.05) is 7.11 Å². The van der Waals surface area contributed by atoms with Gasteiger partial charge in [-0.3, -0.25) is 0 Å². The first-order chi connectivity index (χ1) is 7.79. The zero-order valence-electron chi connectivity index (χ0n) is 9.27. The molecule has 2 aromatic rings. The van der Waals surface area contributed by atoms with Crippen molar-refractivity contribution in [3.63, 3.8) is 0 Å². The fraction of sp³-hybridized carbons (Fsp3) is 0.385. The molecule has 0 unspecified atom stereocenters. The van der Waals surface area contributed by atoms with Crippen LogP contribution in [0, 0.1) is 0 Å². The molecule has 0 bridgehead atoms. The van der Waals surface area contributed by atoms with Gasteiger partial charge in [-0.15, -0.1) is 0 Å². The molecule has 16 heavy (non-hydrogen) atoms. The van der Waals surface area contributed by atoms with Crippen LogP contribution in [0.2, 0.25) is 0 Å². The Morgan fingerprint density at radius 1 is 1.25 bits per heavy atom. The number of H-pyrrole nitrogens is 1. The van der Waals surface area contributed by atoms with E-state index >= 15 is 0 Å². The number of rotatable bonds is 1. The van der Waals surface area contributed by atoms with Gasteiger partial charge in [0.2, 0.25) is 0 Å². The van der Waals surface area contributed by atoms with Gasteiger partial charge in [-0.2, -0.15) is 0 Å². The Morgan fingerprint density at radius 2 is 2.06 bits per heavy atom. The summed E-state index contributed by atoms with van der Waals surface area (Å²) in [6.45, 7) is 0. The summed E-state index contributed by atoms with van der Waals surface area (Å²) in [5, 5.41) is 1.32. The molecule has 0 saturated carbocycles. The van der Waals surface area contributed by atoms with E-state index in [0.717, 1.165) is 15.7 Å². The number of fused-ring (bicyclic) bond motifs is 3. The molecule has 0 saturated heterocycles. The highest BCUT2D eigenvalue weighted by molar-refractivity contribution is 9.10. The van der Waals surface area contributed by atoms with E-state index in [0.29, 0.717) is 0 Å². The van der Waals surface area contributed by atoms with Crippen molar-refractivity contribution < 1.29 is 4.74 Å². The fourth-order valence-electron chi connectivity index (χ4n) is 2.60.